The van der Waals surface area contributed by atoms with Crippen LogP contribution in [0.3, 0.4) is 0 Å². The van der Waals surface area contributed by atoms with E-state index >= 15 is 0 Å². The van der Waals surface area contributed by atoms with E-state index in [-0.39, 0.29) is 6.04 Å². The molecule has 1 unspecified atom stereocenters. The molecule has 0 aliphatic carbocycles. The first kappa shape index (κ1) is 13.6. The van der Waals surface area contributed by atoms with Gasteiger partial charge < -0.3 is 5.32 Å². The Morgan fingerprint density at radius 3 is 2.58 bits per heavy atom. The first-order chi connectivity index (χ1) is 9.10. The fourth-order valence-electron chi connectivity index (χ4n) is 1.82. The quantitative estimate of drug-likeness (QED) is 0.864. The molecule has 1 heterocycles. The lowest BCUT2D eigenvalue weighted by atomic mass is 10.1. The Hall–Kier alpha value is -1.86. The molecule has 2 aromatic rings. The molecule has 0 aliphatic heterocycles. The molecule has 1 atom stereocenters. The maximum absolute atomic E-state index is 8.78. The minimum Gasteiger partial charge on any atom is -0.377 e. The van der Waals surface area contributed by atoms with Crippen molar-refractivity contribution >= 4 is 21.6 Å². The number of rotatable bonds is 3. The molecule has 19 heavy (non-hydrogen) atoms. The first-order valence-electron chi connectivity index (χ1n) is 5.99. The van der Waals surface area contributed by atoms with Crippen LogP contribution in [0.2, 0.25) is 0 Å². The summed E-state index contributed by atoms with van der Waals surface area (Å²) in [7, 11) is 0. The Balaban J connectivity index is 2.13. The predicted molar refractivity (Wildman–Crippen MR) is 79.9 cm³/mol. The number of anilines is 1. The number of pyridine rings is 1. The van der Waals surface area contributed by atoms with E-state index in [0.29, 0.717) is 5.56 Å². The molecule has 1 N–H and O–H groups in total. The van der Waals surface area contributed by atoms with E-state index in [0.717, 1.165) is 21.4 Å². The average Bonchev–Trinajstić information content (AvgIpc) is 2.43. The van der Waals surface area contributed by atoms with Crippen LogP contribution < -0.4 is 5.32 Å². The Kier molecular flexibility index (Phi) is 4.18. The summed E-state index contributed by atoms with van der Waals surface area (Å²) in [5.41, 5.74) is 3.89. The standard InChI is InChI=1S/C15H14BrN3/c1-10-7-14(9-18-15(10)16)19-11(2)13-5-3-12(8-17)4-6-13/h3-7,9,11,19H,1-2H3. The van der Waals surface area contributed by atoms with E-state index in [1.165, 1.54) is 0 Å². The van der Waals surface area contributed by atoms with Crippen LogP contribution in [0.4, 0.5) is 5.69 Å². The highest BCUT2D eigenvalue weighted by molar-refractivity contribution is 9.10. The van der Waals surface area contributed by atoms with Crippen molar-refractivity contribution in [2.45, 2.75) is 19.9 Å². The van der Waals surface area contributed by atoms with Gasteiger partial charge in [0.15, 0.2) is 0 Å². The minimum atomic E-state index is 0.162. The summed E-state index contributed by atoms with van der Waals surface area (Å²) in [6.45, 7) is 4.09. The molecule has 0 aliphatic rings. The molecule has 0 saturated heterocycles. The van der Waals surface area contributed by atoms with Gasteiger partial charge in [-0.25, -0.2) is 4.98 Å². The van der Waals surface area contributed by atoms with Crippen molar-refractivity contribution < 1.29 is 0 Å². The van der Waals surface area contributed by atoms with Crippen molar-refractivity contribution in [1.82, 2.24) is 4.98 Å². The van der Waals surface area contributed by atoms with Crippen LogP contribution >= 0.6 is 15.9 Å². The van der Waals surface area contributed by atoms with Crippen molar-refractivity contribution in [2.75, 3.05) is 5.32 Å². The van der Waals surface area contributed by atoms with Gasteiger partial charge in [0.25, 0.3) is 0 Å². The average molecular weight is 316 g/mol. The summed E-state index contributed by atoms with van der Waals surface area (Å²) in [6.07, 6.45) is 1.80. The molecule has 0 fully saturated rings. The summed E-state index contributed by atoms with van der Waals surface area (Å²) in [4.78, 5) is 4.26. The summed E-state index contributed by atoms with van der Waals surface area (Å²) in [5.74, 6) is 0. The Labute approximate surface area is 121 Å². The first-order valence-corrected chi connectivity index (χ1v) is 6.78. The maximum atomic E-state index is 8.78. The zero-order valence-electron chi connectivity index (χ0n) is 10.8. The van der Waals surface area contributed by atoms with E-state index in [2.05, 4.69) is 45.3 Å². The van der Waals surface area contributed by atoms with Crippen LogP contribution in [0.25, 0.3) is 0 Å². The Bertz CT molecular complexity index is 614. The molecular formula is C15H14BrN3. The maximum Gasteiger partial charge on any atom is 0.109 e. The molecular weight excluding hydrogens is 302 g/mol. The highest BCUT2D eigenvalue weighted by Crippen LogP contribution is 2.22. The summed E-state index contributed by atoms with van der Waals surface area (Å²) >= 11 is 3.39. The molecule has 1 aromatic heterocycles. The van der Waals surface area contributed by atoms with Crippen molar-refractivity contribution in [3.63, 3.8) is 0 Å². The van der Waals surface area contributed by atoms with Crippen molar-refractivity contribution in [3.05, 3.63) is 57.8 Å². The molecule has 0 saturated carbocycles. The zero-order chi connectivity index (χ0) is 13.8. The normalized spacial score (nSPS) is 11.7. The van der Waals surface area contributed by atoms with E-state index in [9.17, 15) is 0 Å². The van der Waals surface area contributed by atoms with Crippen LogP contribution in [0.1, 0.15) is 29.7 Å². The molecule has 0 bridgehead atoms. The molecule has 4 heteroatoms. The summed E-state index contributed by atoms with van der Waals surface area (Å²) in [6, 6.07) is 11.9. The van der Waals surface area contributed by atoms with Gasteiger partial charge in [0.2, 0.25) is 0 Å². The van der Waals surface area contributed by atoms with Crippen molar-refractivity contribution in [2.24, 2.45) is 0 Å². The van der Waals surface area contributed by atoms with Crippen LogP contribution in [-0.2, 0) is 0 Å². The minimum absolute atomic E-state index is 0.162. The summed E-state index contributed by atoms with van der Waals surface area (Å²) < 4.78 is 0.865. The van der Waals surface area contributed by atoms with Gasteiger partial charge in [-0.2, -0.15) is 5.26 Å². The Morgan fingerprint density at radius 1 is 1.32 bits per heavy atom. The topological polar surface area (TPSA) is 48.7 Å². The molecule has 0 radical (unpaired) electrons. The van der Waals surface area contributed by atoms with Gasteiger partial charge in [-0.05, 0) is 59.1 Å². The van der Waals surface area contributed by atoms with Crippen molar-refractivity contribution in [3.8, 4) is 6.07 Å². The highest BCUT2D eigenvalue weighted by atomic mass is 79.9. The van der Waals surface area contributed by atoms with Gasteiger partial charge in [-0.3, -0.25) is 0 Å². The second kappa shape index (κ2) is 5.85. The number of benzene rings is 1. The van der Waals surface area contributed by atoms with Crippen molar-refractivity contribution in [1.29, 1.82) is 5.26 Å². The third-order valence-corrected chi connectivity index (χ3v) is 3.77. The zero-order valence-corrected chi connectivity index (χ0v) is 12.4. The third kappa shape index (κ3) is 3.33. The molecule has 96 valence electrons. The molecule has 0 spiro atoms. The number of aryl methyl sites for hydroxylation is 1. The predicted octanol–water partition coefficient (Wildman–Crippen LogP) is 4.20. The molecule has 1 aromatic carbocycles. The third-order valence-electron chi connectivity index (χ3n) is 2.94. The van der Waals surface area contributed by atoms with Gasteiger partial charge in [0.1, 0.15) is 4.60 Å². The van der Waals surface area contributed by atoms with E-state index < -0.39 is 0 Å². The number of nitrogens with one attached hydrogen (secondary N) is 1. The van der Waals surface area contributed by atoms with Gasteiger partial charge in [-0.15, -0.1) is 0 Å². The second-order valence-electron chi connectivity index (χ2n) is 4.43. The molecule has 3 nitrogen and oxygen atoms in total. The second-order valence-corrected chi connectivity index (χ2v) is 5.18. The fourth-order valence-corrected chi connectivity index (χ4v) is 2.03. The number of nitriles is 1. The van der Waals surface area contributed by atoms with Crippen LogP contribution in [-0.4, -0.2) is 4.98 Å². The highest BCUT2D eigenvalue weighted by Gasteiger charge is 2.06. The lowest BCUT2D eigenvalue weighted by Gasteiger charge is -2.16. The van der Waals surface area contributed by atoms with E-state index in [1.807, 2.05) is 31.2 Å². The van der Waals surface area contributed by atoms with Crippen LogP contribution in [0.15, 0.2) is 41.1 Å². The van der Waals surface area contributed by atoms with Crippen LogP contribution in [0.5, 0.6) is 0 Å². The Morgan fingerprint density at radius 2 is 2.00 bits per heavy atom. The van der Waals surface area contributed by atoms with Gasteiger partial charge >= 0.3 is 0 Å². The monoisotopic (exact) mass is 315 g/mol. The number of nitrogens with zero attached hydrogens (tertiary/aromatic N) is 2. The number of hydrogen-bond donors (Lipinski definition) is 1. The van der Waals surface area contributed by atoms with Crippen LogP contribution in [0, 0.1) is 18.3 Å². The van der Waals surface area contributed by atoms with E-state index in [1.54, 1.807) is 6.20 Å². The lowest BCUT2D eigenvalue weighted by Crippen LogP contribution is -2.07. The van der Waals surface area contributed by atoms with Gasteiger partial charge in [0, 0.05) is 6.04 Å². The number of hydrogen-bond acceptors (Lipinski definition) is 3. The van der Waals surface area contributed by atoms with Gasteiger partial charge in [-0.1, -0.05) is 12.1 Å². The SMILES string of the molecule is Cc1cc(NC(C)c2ccc(C#N)cc2)cnc1Br. The van der Waals surface area contributed by atoms with E-state index in [4.69, 9.17) is 5.26 Å². The molecule has 2 rings (SSSR count). The smallest absolute Gasteiger partial charge is 0.109 e. The fraction of sp³-hybridized carbons (Fsp3) is 0.200. The largest absolute Gasteiger partial charge is 0.377 e. The number of aromatic nitrogens is 1. The number of halogens is 1. The molecule has 0 amide bonds. The van der Waals surface area contributed by atoms with Gasteiger partial charge in [0.05, 0.1) is 23.5 Å². The summed E-state index contributed by atoms with van der Waals surface area (Å²) in [5, 5.41) is 12.2. The lowest BCUT2D eigenvalue weighted by molar-refractivity contribution is 0.881.